The van der Waals surface area contributed by atoms with E-state index in [1.54, 1.807) is 0 Å². The van der Waals surface area contributed by atoms with Crippen molar-refractivity contribution in [1.29, 1.82) is 0 Å². The molecule has 136 valence electrons. The van der Waals surface area contributed by atoms with Gasteiger partial charge in [-0.25, -0.2) is 14.9 Å². The average molecular weight is 356 g/mol. The molecule has 9 nitrogen and oxygen atoms in total. The molecule has 4 N–H and O–H groups in total. The van der Waals surface area contributed by atoms with E-state index >= 15 is 0 Å². The van der Waals surface area contributed by atoms with E-state index in [9.17, 15) is 14.4 Å². The van der Waals surface area contributed by atoms with Crippen molar-refractivity contribution in [2.45, 2.75) is 32.7 Å². The highest BCUT2D eigenvalue weighted by atomic mass is 16.2. The molecule has 1 aromatic carbocycles. The average Bonchev–Trinajstić information content (AvgIpc) is 3.02. The van der Waals surface area contributed by atoms with Gasteiger partial charge < -0.3 is 10.3 Å². The fraction of sp³-hybridized carbons (Fsp3) is 0.353. The van der Waals surface area contributed by atoms with E-state index in [2.05, 4.69) is 30.5 Å². The van der Waals surface area contributed by atoms with Crippen LogP contribution in [0.1, 0.15) is 37.8 Å². The van der Waals surface area contributed by atoms with Gasteiger partial charge in [0, 0.05) is 12.8 Å². The van der Waals surface area contributed by atoms with Gasteiger partial charge in [0.2, 0.25) is 5.91 Å². The second-order valence-corrected chi connectivity index (χ2v) is 6.38. The molecule has 0 saturated heterocycles. The Morgan fingerprint density at radius 3 is 2.65 bits per heavy atom. The lowest BCUT2D eigenvalue weighted by Crippen LogP contribution is -2.33. The van der Waals surface area contributed by atoms with Crippen LogP contribution in [0.2, 0.25) is 0 Å². The predicted molar refractivity (Wildman–Crippen MR) is 95.6 cm³/mol. The van der Waals surface area contributed by atoms with E-state index in [1.165, 1.54) is 0 Å². The molecular weight excluding hydrogens is 336 g/mol. The lowest BCUT2D eigenvalue weighted by Gasteiger charge is -2.20. The smallest absolute Gasteiger partial charge is 0.342 e. The molecule has 3 aromatic rings. The third-order valence-corrected chi connectivity index (χ3v) is 4.06. The van der Waals surface area contributed by atoms with Crippen molar-refractivity contribution >= 4 is 16.9 Å². The normalized spacial score (nSPS) is 12.4. The summed E-state index contributed by atoms with van der Waals surface area (Å²) in [5.74, 6) is 0.584. The second kappa shape index (κ2) is 7.34. The van der Waals surface area contributed by atoms with Gasteiger partial charge in [0.15, 0.2) is 0 Å². The van der Waals surface area contributed by atoms with E-state index in [1.807, 2.05) is 38.1 Å². The zero-order valence-electron chi connectivity index (χ0n) is 14.5. The number of nitrogens with one attached hydrogen (secondary N) is 4. The van der Waals surface area contributed by atoms with E-state index in [0.717, 1.165) is 11.0 Å². The summed E-state index contributed by atoms with van der Waals surface area (Å²) in [6, 6.07) is 7.38. The Morgan fingerprint density at radius 1 is 1.19 bits per heavy atom. The summed E-state index contributed by atoms with van der Waals surface area (Å²) in [6.07, 6.45) is 0.203. The number of imidazole rings is 1. The number of fused-ring (bicyclic) bond motifs is 1. The molecule has 1 amide bonds. The number of H-pyrrole nitrogens is 3. The molecular formula is C17H20N6O3. The molecule has 0 aliphatic carbocycles. The fourth-order valence-corrected chi connectivity index (χ4v) is 2.69. The maximum Gasteiger partial charge on any atom is 0.342 e. The third-order valence-electron chi connectivity index (χ3n) is 4.06. The zero-order valence-corrected chi connectivity index (χ0v) is 14.5. The Balaban J connectivity index is 1.70. The number of nitrogens with zero attached hydrogens (tertiary/aromatic N) is 2. The van der Waals surface area contributed by atoms with Crippen LogP contribution < -0.4 is 16.6 Å². The molecule has 2 heterocycles. The van der Waals surface area contributed by atoms with Gasteiger partial charge in [-0.05, 0) is 18.1 Å². The number of benzene rings is 1. The van der Waals surface area contributed by atoms with Crippen LogP contribution in [0.3, 0.4) is 0 Å². The minimum atomic E-state index is -0.673. The quantitative estimate of drug-likeness (QED) is 0.517. The molecule has 0 saturated carbocycles. The Morgan fingerprint density at radius 2 is 1.96 bits per heavy atom. The second-order valence-electron chi connectivity index (χ2n) is 6.38. The van der Waals surface area contributed by atoms with Crippen molar-refractivity contribution in [2.24, 2.45) is 5.92 Å². The van der Waals surface area contributed by atoms with Gasteiger partial charge in [0.1, 0.15) is 11.5 Å². The van der Waals surface area contributed by atoms with Crippen LogP contribution in [-0.2, 0) is 11.2 Å². The number of hydrogen-bond acceptors (Lipinski definition) is 5. The first-order valence-electron chi connectivity index (χ1n) is 8.36. The Bertz CT molecular complexity index is 999. The number of hydrogen-bond donors (Lipinski definition) is 4. The predicted octanol–water partition coefficient (Wildman–Crippen LogP) is 0.781. The van der Waals surface area contributed by atoms with Crippen molar-refractivity contribution in [3.63, 3.8) is 0 Å². The number of para-hydroxylation sites is 2. The SMILES string of the molecule is CC(C)[C@H](NC(=O)CCc1n[nH]c(=O)[nH]c1=O)c1nc2ccccc2[nH]1. The third kappa shape index (κ3) is 3.88. The van der Waals surface area contributed by atoms with Crippen LogP contribution in [0.15, 0.2) is 33.9 Å². The highest BCUT2D eigenvalue weighted by Crippen LogP contribution is 2.22. The molecule has 26 heavy (non-hydrogen) atoms. The molecule has 9 heteroatoms. The van der Waals surface area contributed by atoms with Gasteiger partial charge in [0.25, 0.3) is 5.56 Å². The highest BCUT2D eigenvalue weighted by Gasteiger charge is 2.22. The van der Waals surface area contributed by atoms with Gasteiger partial charge in [0.05, 0.1) is 17.1 Å². The largest absolute Gasteiger partial charge is 0.346 e. The molecule has 0 unspecified atom stereocenters. The summed E-state index contributed by atoms with van der Waals surface area (Å²) in [6.45, 7) is 3.98. The van der Waals surface area contributed by atoms with Crippen LogP contribution in [-0.4, -0.2) is 31.1 Å². The molecule has 1 atom stereocenters. The van der Waals surface area contributed by atoms with Crippen LogP contribution in [0, 0.1) is 5.92 Å². The van der Waals surface area contributed by atoms with Crippen molar-refractivity contribution in [3.05, 3.63) is 56.6 Å². The summed E-state index contributed by atoms with van der Waals surface area (Å²) >= 11 is 0. The lowest BCUT2D eigenvalue weighted by molar-refractivity contribution is -0.122. The van der Waals surface area contributed by atoms with E-state index < -0.39 is 11.2 Å². The van der Waals surface area contributed by atoms with Gasteiger partial charge in [-0.15, -0.1) is 0 Å². The number of rotatable bonds is 6. The van der Waals surface area contributed by atoms with E-state index in [4.69, 9.17) is 0 Å². The molecule has 2 aromatic heterocycles. The number of aromatic nitrogens is 5. The lowest BCUT2D eigenvalue weighted by atomic mass is 10.0. The topological polar surface area (TPSA) is 136 Å². The fourth-order valence-electron chi connectivity index (χ4n) is 2.69. The van der Waals surface area contributed by atoms with Crippen molar-refractivity contribution < 1.29 is 4.79 Å². The number of carbonyl (C=O) groups excluding carboxylic acids is 1. The van der Waals surface area contributed by atoms with E-state index in [0.29, 0.717) is 5.82 Å². The van der Waals surface area contributed by atoms with Crippen molar-refractivity contribution in [1.82, 2.24) is 30.5 Å². The molecule has 0 spiro atoms. The van der Waals surface area contributed by atoms with Crippen LogP contribution in [0.25, 0.3) is 11.0 Å². The Labute approximate surface area is 148 Å². The van der Waals surface area contributed by atoms with Crippen LogP contribution in [0.5, 0.6) is 0 Å². The number of amides is 1. The Hall–Kier alpha value is -3.23. The summed E-state index contributed by atoms with van der Waals surface area (Å²) in [5, 5.41) is 8.78. The monoisotopic (exact) mass is 356 g/mol. The molecule has 0 aliphatic heterocycles. The zero-order chi connectivity index (χ0) is 18.7. The van der Waals surface area contributed by atoms with Crippen LogP contribution in [0.4, 0.5) is 0 Å². The first-order chi connectivity index (χ1) is 12.4. The standard InChI is InChI=1S/C17H20N6O3/c1-9(2)14(15-18-10-5-3-4-6-11(10)19-15)20-13(24)8-7-12-16(25)21-17(26)23-22-12/h3-6,9,14H,7-8H2,1-2H3,(H,18,19)(H,20,24)(H2,21,23,25,26)/t14-/m0/s1. The maximum atomic E-state index is 12.3. The first-order valence-corrected chi connectivity index (χ1v) is 8.36. The first kappa shape index (κ1) is 17.6. The van der Waals surface area contributed by atoms with Gasteiger partial charge >= 0.3 is 5.69 Å². The minimum Gasteiger partial charge on any atom is -0.346 e. The number of aryl methyl sites for hydroxylation is 1. The van der Waals surface area contributed by atoms with Crippen LogP contribution >= 0.6 is 0 Å². The molecule has 3 rings (SSSR count). The van der Waals surface area contributed by atoms with Gasteiger partial charge in [-0.3, -0.25) is 14.6 Å². The minimum absolute atomic E-state index is 0.0750. The maximum absolute atomic E-state index is 12.3. The van der Waals surface area contributed by atoms with E-state index in [-0.39, 0.29) is 36.4 Å². The highest BCUT2D eigenvalue weighted by molar-refractivity contribution is 5.77. The molecule has 0 radical (unpaired) electrons. The summed E-state index contributed by atoms with van der Waals surface area (Å²) in [7, 11) is 0. The van der Waals surface area contributed by atoms with Crippen molar-refractivity contribution in [3.8, 4) is 0 Å². The summed E-state index contributed by atoms with van der Waals surface area (Å²) in [5.41, 5.74) is 0.606. The van der Waals surface area contributed by atoms with Crippen molar-refractivity contribution in [2.75, 3.05) is 0 Å². The molecule has 0 aliphatic rings. The Kier molecular flexibility index (Phi) is 4.97. The molecule has 0 bridgehead atoms. The molecule has 0 fully saturated rings. The van der Waals surface area contributed by atoms with Gasteiger partial charge in [-0.1, -0.05) is 26.0 Å². The number of aromatic amines is 3. The summed E-state index contributed by atoms with van der Waals surface area (Å²) in [4.78, 5) is 44.8. The number of carbonyl (C=O) groups is 1. The summed E-state index contributed by atoms with van der Waals surface area (Å²) < 4.78 is 0. The van der Waals surface area contributed by atoms with Gasteiger partial charge in [-0.2, -0.15) is 5.10 Å².